The summed E-state index contributed by atoms with van der Waals surface area (Å²) in [7, 11) is 0. The number of fused-ring (bicyclic) bond motifs is 1. The Kier molecular flexibility index (Phi) is 5.80. The maximum Gasteiger partial charge on any atom is 0.259 e. The molecule has 2 aromatic carbocycles. The van der Waals surface area contributed by atoms with Crippen LogP contribution in [0.1, 0.15) is 10.4 Å². The Hall–Kier alpha value is -4.43. The number of halogens is 2. The summed E-state index contributed by atoms with van der Waals surface area (Å²) >= 11 is 6.14. The Morgan fingerprint density at radius 1 is 0.971 bits per heavy atom. The third kappa shape index (κ3) is 4.39. The highest BCUT2D eigenvalue weighted by molar-refractivity contribution is 6.34. The lowest BCUT2D eigenvalue weighted by Crippen LogP contribution is -2.15. The number of benzene rings is 2. The predicted molar refractivity (Wildman–Crippen MR) is 129 cm³/mol. The molecular formula is C25H17ClFN5O2. The predicted octanol–water partition coefficient (Wildman–Crippen LogP) is 6.54. The first-order valence-electron chi connectivity index (χ1n) is 10.3. The van der Waals surface area contributed by atoms with Crippen LogP contribution in [0.15, 0.2) is 85.3 Å². The van der Waals surface area contributed by atoms with E-state index >= 15 is 0 Å². The molecule has 0 unspecified atom stereocenters. The average molecular weight is 474 g/mol. The molecule has 0 radical (unpaired) electrons. The molecule has 34 heavy (non-hydrogen) atoms. The summed E-state index contributed by atoms with van der Waals surface area (Å²) < 4.78 is 20.6. The zero-order valence-corrected chi connectivity index (χ0v) is 18.3. The van der Waals surface area contributed by atoms with E-state index in [0.717, 1.165) is 5.39 Å². The van der Waals surface area contributed by atoms with Crippen LogP contribution in [0.25, 0.3) is 11.0 Å². The van der Waals surface area contributed by atoms with Crippen LogP contribution in [0, 0.1) is 5.82 Å². The van der Waals surface area contributed by atoms with Gasteiger partial charge in [0.05, 0.1) is 21.7 Å². The van der Waals surface area contributed by atoms with Gasteiger partial charge in [-0.15, -0.1) is 0 Å². The molecule has 1 amide bonds. The third-order valence-electron chi connectivity index (χ3n) is 5.01. The van der Waals surface area contributed by atoms with Gasteiger partial charge in [-0.3, -0.25) is 4.79 Å². The molecule has 0 aliphatic heterocycles. The van der Waals surface area contributed by atoms with E-state index in [1.807, 2.05) is 6.07 Å². The summed E-state index contributed by atoms with van der Waals surface area (Å²) in [6.07, 6.45) is 4.85. The van der Waals surface area contributed by atoms with Gasteiger partial charge in [0.25, 0.3) is 5.91 Å². The van der Waals surface area contributed by atoms with Crippen LogP contribution in [0.3, 0.4) is 0 Å². The number of pyridine rings is 2. The Labute approximate surface area is 198 Å². The van der Waals surface area contributed by atoms with Gasteiger partial charge in [-0.1, -0.05) is 23.7 Å². The minimum absolute atomic E-state index is 0.0527. The van der Waals surface area contributed by atoms with Crippen LogP contribution in [0.2, 0.25) is 5.02 Å². The van der Waals surface area contributed by atoms with Crippen LogP contribution < -0.4 is 15.4 Å². The topological polar surface area (TPSA) is 91.9 Å². The quantitative estimate of drug-likeness (QED) is 0.260. The van der Waals surface area contributed by atoms with E-state index in [9.17, 15) is 9.18 Å². The molecule has 0 saturated carbocycles. The Morgan fingerprint density at radius 2 is 1.85 bits per heavy atom. The monoisotopic (exact) mass is 473 g/mol. The summed E-state index contributed by atoms with van der Waals surface area (Å²) in [6.45, 7) is 0. The number of rotatable bonds is 6. The molecule has 0 saturated heterocycles. The van der Waals surface area contributed by atoms with E-state index in [1.165, 1.54) is 18.3 Å². The van der Waals surface area contributed by atoms with Crippen LogP contribution >= 0.6 is 11.6 Å². The van der Waals surface area contributed by atoms with Crippen molar-refractivity contribution in [2.75, 3.05) is 10.6 Å². The summed E-state index contributed by atoms with van der Waals surface area (Å²) in [5.74, 6) is -0.185. The maximum atomic E-state index is 14.9. The fraction of sp³-hybridized carbons (Fsp3) is 0. The number of ether oxygens (including phenoxy) is 1. The number of carbonyl (C=O) groups is 1. The van der Waals surface area contributed by atoms with E-state index < -0.39 is 11.7 Å². The first kappa shape index (κ1) is 21.4. The van der Waals surface area contributed by atoms with Gasteiger partial charge >= 0.3 is 0 Å². The van der Waals surface area contributed by atoms with E-state index in [1.54, 1.807) is 60.9 Å². The van der Waals surface area contributed by atoms with Crippen molar-refractivity contribution < 1.29 is 13.9 Å². The smallest absolute Gasteiger partial charge is 0.259 e. The summed E-state index contributed by atoms with van der Waals surface area (Å²) in [5, 5.41) is 6.91. The fourth-order valence-electron chi connectivity index (χ4n) is 3.38. The third-order valence-corrected chi connectivity index (χ3v) is 5.34. The average Bonchev–Trinajstić information content (AvgIpc) is 3.33. The first-order chi connectivity index (χ1) is 16.6. The second-order valence-electron chi connectivity index (χ2n) is 7.25. The van der Waals surface area contributed by atoms with Gasteiger partial charge < -0.3 is 20.4 Å². The van der Waals surface area contributed by atoms with E-state index in [-0.39, 0.29) is 17.1 Å². The number of nitrogens with zero attached hydrogens (tertiary/aromatic N) is 2. The molecule has 0 atom stereocenters. The summed E-state index contributed by atoms with van der Waals surface area (Å²) in [5.41, 5.74) is 1.80. The molecule has 5 aromatic rings. The van der Waals surface area contributed by atoms with Crippen molar-refractivity contribution >= 4 is 45.7 Å². The summed E-state index contributed by atoms with van der Waals surface area (Å²) in [6, 6.07) is 18.1. The molecule has 168 valence electrons. The van der Waals surface area contributed by atoms with E-state index in [4.69, 9.17) is 16.3 Å². The molecule has 3 heterocycles. The molecular weight excluding hydrogens is 457 g/mol. The van der Waals surface area contributed by atoms with Crippen molar-refractivity contribution in [2.24, 2.45) is 0 Å². The SMILES string of the molecule is O=C(Nc1ccccc1Cl)c1cccnc1Nc1ccc(Oc2ccnc3[nH]ccc23)c(F)c1. The van der Waals surface area contributed by atoms with Crippen molar-refractivity contribution in [3.8, 4) is 11.5 Å². The molecule has 0 fully saturated rings. The number of aromatic nitrogens is 3. The van der Waals surface area contributed by atoms with Gasteiger partial charge in [0.2, 0.25) is 0 Å². The maximum absolute atomic E-state index is 14.9. The zero-order chi connectivity index (χ0) is 23.5. The van der Waals surface area contributed by atoms with Crippen LogP contribution in [0.4, 0.5) is 21.6 Å². The number of anilines is 3. The number of hydrogen-bond acceptors (Lipinski definition) is 5. The van der Waals surface area contributed by atoms with Crippen molar-refractivity contribution in [3.63, 3.8) is 0 Å². The minimum atomic E-state index is -0.580. The molecule has 5 rings (SSSR count). The van der Waals surface area contributed by atoms with Gasteiger partial charge in [-0.05, 0) is 48.5 Å². The van der Waals surface area contributed by atoms with Gasteiger partial charge in [0.1, 0.15) is 17.2 Å². The van der Waals surface area contributed by atoms with Crippen molar-refractivity contribution in [1.82, 2.24) is 15.0 Å². The minimum Gasteiger partial charge on any atom is -0.453 e. The highest BCUT2D eigenvalue weighted by Crippen LogP contribution is 2.32. The molecule has 3 N–H and O–H groups in total. The number of aromatic amines is 1. The van der Waals surface area contributed by atoms with Crippen molar-refractivity contribution in [1.29, 1.82) is 0 Å². The number of hydrogen-bond donors (Lipinski definition) is 3. The lowest BCUT2D eigenvalue weighted by atomic mass is 10.2. The van der Waals surface area contributed by atoms with Gasteiger partial charge in [0, 0.05) is 30.3 Å². The number of para-hydroxylation sites is 1. The zero-order valence-electron chi connectivity index (χ0n) is 17.5. The standard InChI is InChI=1S/C25H17ClFN5O2/c26-18-5-1-2-6-20(18)32-25(33)17-4-3-11-28-24(17)31-15-7-8-22(19(27)14-15)34-21-10-13-30-23-16(21)9-12-29-23/h1-14H,(H,28,31)(H,29,30)(H,32,33). The van der Waals surface area contributed by atoms with Crippen LogP contribution in [0.5, 0.6) is 11.5 Å². The van der Waals surface area contributed by atoms with Gasteiger partial charge in [0.15, 0.2) is 11.6 Å². The van der Waals surface area contributed by atoms with Gasteiger partial charge in [-0.2, -0.15) is 0 Å². The lowest BCUT2D eigenvalue weighted by Gasteiger charge is -2.13. The Morgan fingerprint density at radius 3 is 2.71 bits per heavy atom. The highest BCUT2D eigenvalue weighted by atomic mass is 35.5. The molecule has 9 heteroatoms. The van der Waals surface area contributed by atoms with Crippen molar-refractivity contribution in [2.45, 2.75) is 0 Å². The van der Waals surface area contributed by atoms with Crippen molar-refractivity contribution in [3.05, 3.63) is 102 Å². The van der Waals surface area contributed by atoms with Gasteiger partial charge in [-0.25, -0.2) is 14.4 Å². The second-order valence-corrected chi connectivity index (χ2v) is 7.66. The molecule has 3 aromatic heterocycles. The summed E-state index contributed by atoms with van der Waals surface area (Å²) in [4.78, 5) is 24.3. The largest absolute Gasteiger partial charge is 0.453 e. The molecule has 0 aliphatic carbocycles. The van der Waals surface area contributed by atoms with E-state index in [2.05, 4.69) is 25.6 Å². The number of nitrogens with one attached hydrogen (secondary N) is 3. The van der Waals surface area contributed by atoms with Crippen LogP contribution in [-0.4, -0.2) is 20.9 Å². The first-order valence-corrected chi connectivity index (χ1v) is 10.6. The molecule has 0 spiro atoms. The molecule has 0 bridgehead atoms. The normalized spacial score (nSPS) is 10.8. The lowest BCUT2D eigenvalue weighted by molar-refractivity contribution is 0.102. The number of amides is 1. The number of carbonyl (C=O) groups excluding carboxylic acids is 1. The fourth-order valence-corrected chi connectivity index (χ4v) is 3.56. The second kappa shape index (κ2) is 9.21. The Bertz CT molecular complexity index is 1500. The highest BCUT2D eigenvalue weighted by Gasteiger charge is 2.15. The Balaban J connectivity index is 1.36. The van der Waals surface area contributed by atoms with Crippen LogP contribution in [-0.2, 0) is 0 Å². The molecule has 0 aliphatic rings. The number of H-pyrrole nitrogens is 1. The van der Waals surface area contributed by atoms with E-state index in [0.29, 0.717) is 27.8 Å². The molecule has 7 nitrogen and oxygen atoms in total.